The van der Waals surface area contributed by atoms with Gasteiger partial charge in [-0.05, 0) is 41.2 Å². The zero-order valence-corrected chi connectivity index (χ0v) is 13.1. The Morgan fingerprint density at radius 3 is 1.90 bits per heavy atom. The van der Waals surface area contributed by atoms with E-state index in [1.54, 1.807) is 0 Å². The first-order valence-corrected chi connectivity index (χ1v) is 7.62. The minimum absolute atomic E-state index is 0.210. The van der Waals surface area contributed by atoms with Crippen molar-refractivity contribution in [1.29, 1.82) is 0 Å². The lowest BCUT2D eigenvalue weighted by Gasteiger charge is -2.14. The molecule has 2 atom stereocenters. The quantitative estimate of drug-likeness (QED) is 0.603. The standard InChI is InChI=1S/C17H17BrF2/c1-3-11(2)12-4-6-13(7-5-12)17(18)14-8-15(19)10-16(20)9-14/h4-11,17H,3H2,1-2H3. The van der Waals surface area contributed by atoms with E-state index in [2.05, 4.69) is 41.9 Å². The molecule has 0 fully saturated rings. The summed E-state index contributed by atoms with van der Waals surface area (Å²) >= 11 is 3.51. The summed E-state index contributed by atoms with van der Waals surface area (Å²) in [7, 11) is 0. The number of hydrogen-bond acceptors (Lipinski definition) is 0. The lowest BCUT2D eigenvalue weighted by Crippen LogP contribution is -1.97. The molecule has 0 aliphatic carbocycles. The monoisotopic (exact) mass is 338 g/mol. The smallest absolute Gasteiger partial charge is 0.126 e. The van der Waals surface area contributed by atoms with Gasteiger partial charge in [-0.3, -0.25) is 0 Å². The van der Waals surface area contributed by atoms with E-state index in [-0.39, 0.29) is 4.83 Å². The fourth-order valence-electron chi connectivity index (χ4n) is 2.14. The first-order valence-electron chi connectivity index (χ1n) is 6.71. The van der Waals surface area contributed by atoms with E-state index in [1.165, 1.54) is 17.7 Å². The second-order valence-corrected chi connectivity index (χ2v) is 5.96. The van der Waals surface area contributed by atoms with Gasteiger partial charge in [0.2, 0.25) is 0 Å². The highest BCUT2D eigenvalue weighted by molar-refractivity contribution is 9.09. The molecular formula is C17H17BrF2. The number of benzene rings is 2. The molecule has 0 saturated heterocycles. The van der Waals surface area contributed by atoms with Crippen molar-refractivity contribution in [3.05, 3.63) is 70.8 Å². The van der Waals surface area contributed by atoms with Crippen LogP contribution in [0.1, 0.15) is 47.7 Å². The van der Waals surface area contributed by atoms with Gasteiger partial charge in [0.25, 0.3) is 0 Å². The Morgan fingerprint density at radius 2 is 1.40 bits per heavy atom. The Kier molecular flexibility index (Phi) is 4.92. The average Bonchev–Trinajstić information content (AvgIpc) is 2.45. The molecule has 0 aliphatic heterocycles. The van der Waals surface area contributed by atoms with Crippen LogP contribution in [-0.4, -0.2) is 0 Å². The Morgan fingerprint density at radius 1 is 0.900 bits per heavy atom. The number of hydrogen-bond donors (Lipinski definition) is 0. The first kappa shape index (κ1) is 15.2. The molecule has 0 nitrogen and oxygen atoms in total. The second-order valence-electron chi connectivity index (χ2n) is 5.04. The highest BCUT2D eigenvalue weighted by atomic mass is 79.9. The van der Waals surface area contributed by atoms with E-state index in [4.69, 9.17) is 0 Å². The zero-order valence-electron chi connectivity index (χ0n) is 11.5. The van der Waals surface area contributed by atoms with Crippen LogP contribution in [-0.2, 0) is 0 Å². The number of alkyl halides is 1. The molecule has 2 aromatic rings. The van der Waals surface area contributed by atoms with Crippen molar-refractivity contribution in [1.82, 2.24) is 0 Å². The molecule has 0 bridgehead atoms. The maximum absolute atomic E-state index is 13.3. The summed E-state index contributed by atoms with van der Waals surface area (Å²) in [5.74, 6) is -0.592. The van der Waals surface area contributed by atoms with E-state index < -0.39 is 11.6 Å². The van der Waals surface area contributed by atoms with Crippen LogP contribution in [0.25, 0.3) is 0 Å². The third-order valence-corrected chi connectivity index (χ3v) is 4.65. The molecule has 0 saturated carbocycles. The second kappa shape index (κ2) is 6.49. The van der Waals surface area contributed by atoms with Crippen LogP contribution >= 0.6 is 15.9 Å². The van der Waals surface area contributed by atoms with Crippen molar-refractivity contribution in [3.63, 3.8) is 0 Å². The predicted molar refractivity (Wildman–Crippen MR) is 82.3 cm³/mol. The predicted octanol–water partition coefficient (Wildman–Crippen LogP) is 5.96. The molecular weight excluding hydrogens is 322 g/mol. The van der Waals surface area contributed by atoms with Crippen molar-refractivity contribution in [2.24, 2.45) is 0 Å². The van der Waals surface area contributed by atoms with Gasteiger partial charge in [0.15, 0.2) is 0 Å². The van der Waals surface area contributed by atoms with E-state index in [1.807, 2.05) is 12.1 Å². The number of halogens is 3. The summed E-state index contributed by atoms with van der Waals surface area (Å²) in [5.41, 5.74) is 2.85. The summed E-state index contributed by atoms with van der Waals surface area (Å²) in [6, 6.07) is 11.7. The molecule has 0 amide bonds. The highest BCUT2D eigenvalue weighted by Crippen LogP contribution is 2.32. The molecule has 0 aromatic heterocycles. The van der Waals surface area contributed by atoms with Crippen LogP contribution < -0.4 is 0 Å². The van der Waals surface area contributed by atoms with Crippen LogP contribution in [0.4, 0.5) is 8.78 Å². The fraction of sp³-hybridized carbons (Fsp3) is 0.294. The van der Waals surface area contributed by atoms with Crippen LogP contribution in [0, 0.1) is 11.6 Å². The minimum Gasteiger partial charge on any atom is -0.207 e. The summed E-state index contributed by atoms with van der Waals surface area (Å²) in [6.07, 6.45) is 1.09. The van der Waals surface area contributed by atoms with Crippen LogP contribution in [0.3, 0.4) is 0 Å². The highest BCUT2D eigenvalue weighted by Gasteiger charge is 2.13. The van der Waals surface area contributed by atoms with E-state index >= 15 is 0 Å². The third kappa shape index (κ3) is 3.45. The van der Waals surface area contributed by atoms with Crippen molar-refractivity contribution >= 4 is 15.9 Å². The normalized spacial score (nSPS) is 14.1. The average molecular weight is 339 g/mol. The summed E-state index contributed by atoms with van der Waals surface area (Å²) in [6.45, 7) is 4.34. The topological polar surface area (TPSA) is 0 Å². The van der Waals surface area contributed by atoms with Crippen LogP contribution in [0.15, 0.2) is 42.5 Å². The molecule has 2 rings (SSSR count). The molecule has 0 heterocycles. The van der Waals surface area contributed by atoms with Crippen molar-refractivity contribution in [2.45, 2.75) is 31.0 Å². The van der Waals surface area contributed by atoms with Gasteiger partial charge in [0.1, 0.15) is 11.6 Å². The van der Waals surface area contributed by atoms with E-state index in [9.17, 15) is 8.78 Å². The Labute approximate surface area is 127 Å². The van der Waals surface area contributed by atoms with Crippen molar-refractivity contribution in [2.75, 3.05) is 0 Å². The van der Waals surface area contributed by atoms with Gasteiger partial charge in [-0.1, -0.05) is 54.0 Å². The van der Waals surface area contributed by atoms with E-state index in [0.717, 1.165) is 18.1 Å². The minimum atomic E-state index is -0.555. The maximum atomic E-state index is 13.3. The molecule has 0 spiro atoms. The molecule has 3 heteroatoms. The van der Waals surface area contributed by atoms with Crippen LogP contribution in [0.5, 0.6) is 0 Å². The molecule has 2 aromatic carbocycles. The lowest BCUT2D eigenvalue weighted by atomic mass is 9.96. The van der Waals surface area contributed by atoms with Crippen LogP contribution in [0.2, 0.25) is 0 Å². The Bertz CT molecular complexity index is 558. The van der Waals surface area contributed by atoms with Crippen molar-refractivity contribution < 1.29 is 8.78 Å². The van der Waals surface area contributed by atoms with Gasteiger partial charge in [0, 0.05) is 6.07 Å². The van der Waals surface area contributed by atoms with Gasteiger partial charge >= 0.3 is 0 Å². The molecule has 0 aliphatic rings. The van der Waals surface area contributed by atoms with Gasteiger partial charge in [-0.25, -0.2) is 8.78 Å². The summed E-state index contributed by atoms with van der Waals surface area (Å²) in [4.78, 5) is -0.210. The maximum Gasteiger partial charge on any atom is 0.126 e. The summed E-state index contributed by atoms with van der Waals surface area (Å²) in [5, 5.41) is 0. The Balaban J connectivity index is 2.26. The SMILES string of the molecule is CCC(C)c1ccc(C(Br)c2cc(F)cc(F)c2)cc1. The largest absolute Gasteiger partial charge is 0.207 e. The molecule has 106 valence electrons. The van der Waals surface area contributed by atoms with Gasteiger partial charge < -0.3 is 0 Å². The van der Waals surface area contributed by atoms with Gasteiger partial charge in [-0.2, -0.15) is 0 Å². The van der Waals surface area contributed by atoms with Gasteiger partial charge in [-0.15, -0.1) is 0 Å². The molecule has 2 unspecified atom stereocenters. The van der Waals surface area contributed by atoms with Crippen molar-refractivity contribution in [3.8, 4) is 0 Å². The molecule has 0 N–H and O–H groups in total. The summed E-state index contributed by atoms with van der Waals surface area (Å²) < 4.78 is 26.5. The zero-order chi connectivity index (χ0) is 14.7. The number of rotatable bonds is 4. The van der Waals surface area contributed by atoms with E-state index in [0.29, 0.717) is 11.5 Å². The van der Waals surface area contributed by atoms with Gasteiger partial charge in [0.05, 0.1) is 4.83 Å². The molecule has 0 radical (unpaired) electrons. The molecule has 20 heavy (non-hydrogen) atoms. The lowest BCUT2D eigenvalue weighted by molar-refractivity contribution is 0.580. The Hall–Kier alpha value is -1.22. The third-order valence-electron chi connectivity index (χ3n) is 3.59. The first-order chi connectivity index (χ1) is 9.51. The fourth-order valence-corrected chi connectivity index (χ4v) is 2.71.